The minimum atomic E-state index is -0.597. The molecule has 0 saturated carbocycles. The largest absolute Gasteiger partial charge is 0.324 e. The van der Waals surface area contributed by atoms with E-state index in [0.29, 0.717) is 0 Å². The standard InChI is InChI=1S/C8H11ClN2O2/c1-3-6(2)10-8(13)11-7(12)4-5-9/h1,6H,4-5H2,2H3,(H2,10,11,12,13). The molecule has 1 atom stereocenters. The molecule has 0 saturated heterocycles. The highest BCUT2D eigenvalue weighted by atomic mass is 35.5. The Morgan fingerprint density at radius 3 is 2.69 bits per heavy atom. The van der Waals surface area contributed by atoms with Crippen molar-refractivity contribution in [3.05, 3.63) is 0 Å². The van der Waals surface area contributed by atoms with Crippen molar-refractivity contribution in [3.8, 4) is 12.3 Å². The minimum Gasteiger partial charge on any atom is -0.324 e. The fourth-order valence-electron chi connectivity index (χ4n) is 0.549. The number of carbonyl (C=O) groups is 2. The van der Waals surface area contributed by atoms with Crippen LogP contribution in [0.25, 0.3) is 0 Å². The van der Waals surface area contributed by atoms with Crippen LogP contribution < -0.4 is 10.6 Å². The van der Waals surface area contributed by atoms with Gasteiger partial charge in [-0.2, -0.15) is 0 Å². The predicted molar refractivity (Wildman–Crippen MR) is 50.3 cm³/mol. The average Bonchev–Trinajstić information content (AvgIpc) is 2.04. The third-order valence-corrected chi connectivity index (χ3v) is 1.36. The molecule has 0 heterocycles. The number of hydrogen-bond acceptors (Lipinski definition) is 2. The number of urea groups is 1. The Morgan fingerprint density at radius 2 is 2.23 bits per heavy atom. The van der Waals surface area contributed by atoms with E-state index >= 15 is 0 Å². The smallest absolute Gasteiger partial charge is 0.322 e. The van der Waals surface area contributed by atoms with E-state index in [1.165, 1.54) is 0 Å². The first-order valence-electron chi connectivity index (χ1n) is 3.72. The lowest BCUT2D eigenvalue weighted by molar-refractivity contribution is -0.119. The molecule has 0 aromatic rings. The van der Waals surface area contributed by atoms with Crippen LogP contribution in [-0.2, 0) is 4.79 Å². The van der Waals surface area contributed by atoms with Crippen molar-refractivity contribution in [2.24, 2.45) is 0 Å². The van der Waals surface area contributed by atoms with Gasteiger partial charge in [0.05, 0.1) is 6.04 Å². The van der Waals surface area contributed by atoms with E-state index < -0.39 is 18.0 Å². The monoisotopic (exact) mass is 202 g/mol. The Kier molecular flexibility index (Phi) is 5.73. The van der Waals surface area contributed by atoms with Gasteiger partial charge in [0, 0.05) is 12.3 Å². The summed E-state index contributed by atoms with van der Waals surface area (Å²) in [6.45, 7) is 1.63. The molecule has 0 spiro atoms. The van der Waals surface area contributed by atoms with Gasteiger partial charge in [0.15, 0.2) is 0 Å². The van der Waals surface area contributed by atoms with Gasteiger partial charge in [-0.25, -0.2) is 4.79 Å². The average molecular weight is 203 g/mol. The third-order valence-electron chi connectivity index (χ3n) is 1.17. The molecular weight excluding hydrogens is 192 g/mol. The van der Waals surface area contributed by atoms with Crippen molar-refractivity contribution in [1.82, 2.24) is 10.6 Å². The van der Waals surface area contributed by atoms with Gasteiger partial charge in [-0.15, -0.1) is 18.0 Å². The maximum atomic E-state index is 10.9. The van der Waals surface area contributed by atoms with Gasteiger partial charge < -0.3 is 5.32 Å². The molecule has 4 nitrogen and oxygen atoms in total. The van der Waals surface area contributed by atoms with Gasteiger partial charge in [-0.1, -0.05) is 5.92 Å². The second-order valence-electron chi connectivity index (χ2n) is 2.35. The van der Waals surface area contributed by atoms with Crippen molar-refractivity contribution in [2.75, 3.05) is 5.88 Å². The van der Waals surface area contributed by atoms with Crippen LogP contribution in [0.2, 0.25) is 0 Å². The van der Waals surface area contributed by atoms with Gasteiger partial charge in [0.1, 0.15) is 0 Å². The van der Waals surface area contributed by atoms with Gasteiger partial charge in [-0.05, 0) is 6.92 Å². The second-order valence-corrected chi connectivity index (χ2v) is 2.73. The number of terminal acetylenes is 1. The summed E-state index contributed by atoms with van der Waals surface area (Å²) in [5, 5.41) is 4.45. The summed E-state index contributed by atoms with van der Waals surface area (Å²) >= 11 is 5.29. The molecule has 3 amide bonds. The first-order chi connectivity index (χ1) is 6.10. The summed E-state index contributed by atoms with van der Waals surface area (Å²) in [6, 6.07) is -0.996. The van der Waals surface area contributed by atoms with E-state index in [1.807, 2.05) is 0 Å². The first kappa shape index (κ1) is 11.8. The van der Waals surface area contributed by atoms with Crippen LogP contribution in [0.1, 0.15) is 13.3 Å². The molecule has 5 heteroatoms. The Balaban J connectivity index is 3.76. The van der Waals surface area contributed by atoms with E-state index in [-0.39, 0.29) is 12.3 Å². The van der Waals surface area contributed by atoms with Crippen LogP contribution in [0.3, 0.4) is 0 Å². The molecule has 13 heavy (non-hydrogen) atoms. The van der Waals surface area contributed by atoms with Crippen LogP contribution >= 0.6 is 11.6 Å². The Hall–Kier alpha value is -1.21. The van der Waals surface area contributed by atoms with Gasteiger partial charge in [0.2, 0.25) is 5.91 Å². The highest BCUT2D eigenvalue weighted by Crippen LogP contribution is 1.84. The minimum absolute atomic E-state index is 0.111. The molecule has 1 unspecified atom stereocenters. The Morgan fingerprint density at radius 1 is 1.62 bits per heavy atom. The van der Waals surface area contributed by atoms with Crippen molar-refractivity contribution in [2.45, 2.75) is 19.4 Å². The highest BCUT2D eigenvalue weighted by molar-refractivity contribution is 6.19. The van der Waals surface area contributed by atoms with Crippen LogP contribution in [0.15, 0.2) is 0 Å². The van der Waals surface area contributed by atoms with Crippen molar-refractivity contribution in [1.29, 1.82) is 0 Å². The van der Waals surface area contributed by atoms with Crippen LogP contribution in [0.4, 0.5) is 4.79 Å². The topological polar surface area (TPSA) is 58.2 Å². The van der Waals surface area contributed by atoms with Crippen LogP contribution in [-0.4, -0.2) is 23.9 Å². The summed E-state index contributed by atoms with van der Waals surface area (Å²) in [6.07, 6.45) is 5.12. The summed E-state index contributed by atoms with van der Waals surface area (Å²) in [5.41, 5.74) is 0. The Bertz CT molecular complexity index is 235. The molecule has 0 rings (SSSR count). The van der Waals surface area contributed by atoms with Crippen LogP contribution in [0.5, 0.6) is 0 Å². The number of imide groups is 1. The summed E-state index contributed by atoms with van der Waals surface area (Å²) in [4.78, 5) is 21.7. The molecule has 0 bridgehead atoms. The maximum absolute atomic E-state index is 10.9. The number of alkyl halides is 1. The lowest BCUT2D eigenvalue weighted by atomic mass is 10.4. The quantitative estimate of drug-likeness (QED) is 0.516. The number of halogens is 1. The molecule has 0 aliphatic heterocycles. The normalized spacial score (nSPS) is 11.2. The fraction of sp³-hybridized carbons (Fsp3) is 0.500. The van der Waals surface area contributed by atoms with Crippen molar-refractivity contribution in [3.63, 3.8) is 0 Å². The first-order valence-corrected chi connectivity index (χ1v) is 4.26. The zero-order chi connectivity index (χ0) is 10.3. The highest BCUT2D eigenvalue weighted by Gasteiger charge is 2.07. The molecule has 0 fully saturated rings. The zero-order valence-corrected chi connectivity index (χ0v) is 8.02. The zero-order valence-electron chi connectivity index (χ0n) is 7.26. The predicted octanol–water partition coefficient (Wildman–Crippen LogP) is 0.463. The molecule has 0 aromatic carbocycles. The van der Waals surface area contributed by atoms with E-state index in [1.54, 1.807) is 6.92 Å². The molecule has 0 aromatic heterocycles. The fourth-order valence-corrected chi connectivity index (χ4v) is 0.721. The van der Waals surface area contributed by atoms with E-state index in [0.717, 1.165) is 0 Å². The summed E-state index contributed by atoms with van der Waals surface area (Å²) < 4.78 is 0. The molecule has 0 aliphatic rings. The van der Waals surface area contributed by atoms with Crippen LogP contribution in [0, 0.1) is 12.3 Å². The molecule has 0 aliphatic carbocycles. The molecule has 72 valence electrons. The van der Waals surface area contributed by atoms with Crippen molar-refractivity contribution >= 4 is 23.5 Å². The van der Waals surface area contributed by atoms with Crippen molar-refractivity contribution < 1.29 is 9.59 Å². The van der Waals surface area contributed by atoms with Gasteiger partial charge in [0.25, 0.3) is 0 Å². The van der Waals surface area contributed by atoms with Gasteiger partial charge in [-0.3, -0.25) is 10.1 Å². The lowest BCUT2D eigenvalue weighted by Gasteiger charge is -2.07. The summed E-state index contributed by atoms with van der Waals surface area (Å²) in [5.74, 6) is 2.06. The third kappa shape index (κ3) is 6.00. The lowest BCUT2D eigenvalue weighted by Crippen LogP contribution is -2.43. The molecular formula is C8H11ClN2O2. The van der Waals surface area contributed by atoms with Gasteiger partial charge >= 0.3 is 6.03 Å². The number of nitrogens with one attached hydrogen (secondary N) is 2. The number of amides is 3. The van der Waals surface area contributed by atoms with E-state index in [4.69, 9.17) is 18.0 Å². The second kappa shape index (κ2) is 6.32. The molecule has 2 N–H and O–H groups in total. The number of carbonyl (C=O) groups excluding carboxylic acids is 2. The molecule has 0 radical (unpaired) electrons. The SMILES string of the molecule is C#CC(C)NC(=O)NC(=O)CCCl. The number of rotatable bonds is 3. The summed E-state index contributed by atoms with van der Waals surface area (Å²) in [7, 11) is 0. The Labute approximate surface area is 82.0 Å². The number of hydrogen-bond donors (Lipinski definition) is 2. The van der Waals surface area contributed by atoms with E-state index in [9.17, 15) is 9.59 Å². The van der Waals surface area contributed by atoms with E-state index in [2.05, 4.69) is 16.6 Å². The maximum Gasteiger partial charge on any atom is 0.322 e.